The number of carboxylic acid groups (broad SMARTS) is 1. The van der Waals surface area contributed by atoms with E-state index < -0.39 is 18.2 Å². The monoisotopic (exact) mass is 483 g/mol. The summed E-state index contributed by atoms with van der Waals surface area (Å²) in [6, 6.07) is 13.5. The number of hydrogen-bond donors (Lipinski definition) is 4. The van der Waals surface area contributed by atoms with Gasteiger partial charge in [-0.05, 0) is 48.6 Å². The average Bonchev–Trinajstić information content (AvgIpc) is 3.58. The van der Waals surface area contributed by atoms with Crippen molar-refractivity contribution in [3.8, 4) is 0 Å². The Kier molecular flexibility index (Phi) is 9.55. The fourth-order valence-corrected chi connectivity index (χ4v) is 2.85. The van der Waals surface area contributed by atoms with Gasteiger partial charge in [0.25, 0.3) is 5.91 Å². The molecule has 34 heavy (non-hydrogen) atoms. The number of carbonyl (C=O) groups excluding carboxylic acids is 2. The van der Waals surface area contributed by atoms with E-state index in [2.05, 4.69) is 10.6 Å². The number of carbonyl (C=O) groups is 3. The van der Waals surface area contributed by atoms with Crippen LogP contribution in [-0.2, 0) is 22.6 Å². The highest BCUT2D eigenvalue weighted by Gasteiger charge is 2.38. The molecule has 0 radical (unpaired) electrons. The van der Waals surface area contributed by atoms with Crippen LogP contribution in [0.15, 0.2) is 48.5 Å². The molecule has 1 fully saturated rings. The third-order valence-corrected chi connectivity index (χ3v) is 4.72. The molecular weight excluding hydrogens is 458 g/mol. The van der Waals surface area contributed by atoms with E-state index in [-0.39, 0.29) is 24.1 Å². The van der Waals surface area contributed by atoms with E-state index in [9.17, 15) is 27.2 Å². The van der Waals surface area contributed by atoms with Gasteiger partial charge < -0.3 is 21.5 Å². The molecule has 2 aromatic rings. The molecule has 1 saturated carbocycles. The zero-order valence-electron chi connectivity index (χ0n) is 18.1. The second-order valence-corrected chi connectivity index (χ2v) is 7.79. The molecule has 1 atom stereocenters. The number of carboxylic acids is 1. The van der Waals surface area contributed by atoms with Crippen molar-refractivity contribution in [2.24, 2.45) is 5.73 Å². The maximum Gasteiger partial charge on any atom is 0.490 e. The molecule has 0 aromatic heterocycles. The number of amides is 2. The Morgan fingerprint density at radius 1 is 1.09 bits per heavy atom. The lowest BCUT2D eigenvalue weighted by Crippen LogP contribution is -2.33. The Balaban J connectivity index is 0.000000509. The van der Waals surface area contributed by atoms with Gasteiger partial charge in [-0.1, -0.05) is 30.3 Å². The summed E-state index contributed by atoms with van der Waals surface area (Å²) in [6.07, 6.45) is -2.60. The minimum absolute atomic E-state index is 0.0856. The van der Waals surface area contributed by atoms with Crippen LogP contribution < -0.4 is 16.4 Å². The second-order valence-electron chi connectivity index (χ2n) is 7.79. The van der Waals surface area contributed by atoms with Gasteiger partial charge in [-0.15, -0.1) is 0 Å². The lowest BCUT2D eigenvalue weighted by Gasteiger charge is -2.13. The van der Waals surface area contributed by atoms with E-state index >= 15 is 0 Å². The molecule has 184 valence electrons. The molecule has 1 aliphatic rings. The van der Waals surface area contributed by atoms with Crippen LogP contribution in [0.25, 0.3) is 0 Å². The Bertz CT molecular complexity index is 1010. The van der Waals surface area contributed by atoms with Crippen LogP contribution in [0.3, 0.4) is 0 Å². The van der Waals surface area contributed by atoms with Gasteiger partial charge in [0, 0.05) is 30.6 Å². The van der Waals surface area contributed by atoms with E-state index in [1.165, 1.54) is 6.07 Å². The normalized spacial score (nSPS) is 13.8. The second kappa shape index (κ2) is 12.1. The molecule has 11 heteroatoms. The van der Waals surface area contributed by atoms with E-state index in [1.54, 1.807) is 36.4 Å². The lowest BCUT2D eigenvalue weighted by molar-refractivity contribution is -0.192. The first-order chi connectivity index (χ1) is 16.0. The number of nitrogens with two attached hydrogens (primary N) is 1. The Labute approximate surface area is 193 Å². The number of hydrogen-bond acceptors (Lipinski definition) is 4. The number of rotatable bonds is 8. The fraction of sp³-hybridized carbons (Fsp3) is 0.348. The summed E-state index contributed by atoms with van der Waals surface area (Å²) in [5.41, 5.74) is 7.92. The maximum atomic E-state index is 13.7. The molecule has 1 aliphatic carbocycles. The van der Waals surface area contributed by atoms with Crippen molar-refractivity contribution in [1.29, 1.82) is 0 Å². The van der Waals surface area contributed by atoms with Gasteiger partial charge in [0.05, 0.1) is 0 Å². The summed E-state index contributed by atoms with van der Waals surface area (Å²) in [5, 5.41) is 12.9. The van der Waals surface area contributed by atoms with Gasteiger partial charge in [-0.3, -0.25) is 9.59 Å². The molecule has 2 aromatic carbocycles. The molecule has 0 spiro atoms. The van der Waals surface area contributed by atoms with E-state index in [0.717, 1.165) is 18.4 Å². The molecular formula is C23H25F4N3O4. The van der Waals surface area contributed by atoms with E-state index in [0.29, 0.717) is 30.1 Å². The van der Waals surface area contributed by atoms with Crippen molar-refractivity contribution in [2.45, 2.75) is 50.5 Å². The number of halogens is 4. The summed E-state index contributed by atoms with van der Waals surface area (Å²) < 4.78 is 45.4. The summed E-state index contributed by atoms with van der Waals surface area (Å²) >= 11 is 0. The number of alkyl halides is 3. The Morgan fingerprint density at radius 3 is 2.32 bits per heavy atom. The zero-order chi connectivity index (χ0) is 25.3. The van der Waals surface area contributed by atoms with Crippen LogP contribution in [0.2, 0.25) is 0 Å². The molecule has 0 bridgehead atoms. The third kappa shape index (κ3) is 9.57. The van der Waals surface area contributed by atoms with Crippen LogP contribution in [0.5, 0.6) is 0 Å². The van der Waals surface area contributed by atoms with Crippen LogP contribution in [0.4, 0.5) is 17.6 Å². The molecule has 0 heterocycles. The topological polar surface area (TPSA) is 122 Å². The van der Waals surface area contributed by atoms with Crippen LogP contribution in [0.1, 0.15) is 40.7 Å². The first-order valence-electron chi connectivity index (χ1n) is 10.4. The summed E-state index contributed by atoms with van der Waals surface area (Å²) in [4.78, 5) is 33.1. The van der Waals surface area contributed by atoms with Gasteiger partial charge in [-0.2, -0.15) is 13.2 Å². The fourth-order valence-electron chi connectivity index (χ4n) is 2.85. The first-order valence-corrected chi connectivity index (χ1v) is 10.4. The van der Waals surface area contributed by atoms with Crippen molar-refractivity contribution < 1.29 is 37.1 Å². The molecule has 0 aliphatic heterocycles. The summed E-state index contributed by atoms with van der Waals surface area (Å²) in [6.45, 7) is 0.315. The zero-order valence-corrected chi connectivity index (χ0v) is 18.1. The minimum Gasteiger partial charge on any atom is -0.475 e. The van der Waals surface area contributed by atoms with Gasteiger partial charge in [0.2, 0.25) is 5.91 Å². The van der Waals surface area contributed by atoms with Crippen molar-refractivity contribution in [2.75, 3.05) is 0 Å². The molecule has 1 unspecified atom stereocenters. The minimum atomic E-state index is -5.08. The van der Waals surface area contributed by atoms with Crippen LogP contribution in [-0.4, -0.2) is 41.2 Å². The molecule has 7 nitrogen and oxygen atoms in total. The van der Waals surface area contributed by atoms with E-state index in [4.69, 9.17) is 15.6 Å². The lowest BCUT2D eigenvalue weighted by atomic mass is 10.0. The quantitative estimate of drug-likeness (QED) is 0.430. The predicted octanol–water partition coefficient (Wildman–Crippen LogP) is 2.93. The predicted molar refractivity (Wildman–Crippen MR) is 115 cm³/mol. The molecule has 2 amide bonds. The van der Waals surface area contributed by atoms with Gasteiger partial charge in [0.15, 0.2) is 0 Å². The van der Waals surface area contributed by atoms with Gasteiger partial charge in [0.1, 0.15) is 5.82 Å². The third-order valence-electron chi connectivity index (χ3n) is 4.72. The number of benzene rings is 2. The molecule has 0 saturated heterocycles. The summed E-state index contributed by atoms with van der Waals surface area (Å²) in [7, 11) is 0. The smallest absolute Gasteiger partial charge is 0.475 e. The SMILES string of the molecule is NC(CC(=O)NCc1cccc(C(=O)NC2CC2)c1)Cc1ccccc1F.O=C(O)C(F)(F)F. The largest absolute Gasteiger partial charge is 0.490 e. The van der Waals surface area contributed by atoms with Crippen molar-refractivity contribution in [3.63, 3.8) is 0 Å². The number of aliphatic carboxylic acids is 1. The molecule has 3 rings (SSSR count). The standard InChI is InChI=1S/C21H24FN3O2.C2HF3O2/c22-19-7-2-1-5-15(19)11-17(23)12-20(26)24-13-14-4-3-6-16(10-14)21(27)25-18-8-9-18;3-2(4,5)1(6)7/h1-7,10,17-18H,8-9,11-13,23H2,(H,24,26)(H,25,27);(H,6,7). The van der Waals surface area contributed by atoms with Gasteiger partial charge in [-0.25, -0.2) is 9.18 Å². The highest BCUT2D eigenvalue weighted by atomic mass is 19.4. The van der Waals surface area contributed by atoms with E-state index in [1.807, 2.05) is 6.07 Å². The Morgan fingerprint density at radius 2 is 1.74 bits per heavy atom. The van der Waals surface area contributed by atoms with Gasteiger partial charge >= 0.3 is 12.1 Å². The van der Waals surface area contributed by atoms with Crippen molar-refractivity contribution >= 4 is 17.8 Å². The van der Waals surface area contributed by atoms with Crippen LogP contribution in [0, 0.1) is 5.82 Å². The van der Waals surface area contributed by atoms with Crippen molar-refractivity contribution in [1.82, 2.24) is 10.6 Å². The summed E-state index contributed by atoms with van der Waals surface area (Å²) in [5.74, 6) is -3.36. The van der Waals surface area contributed by atoms with Crippen LogP contribution >= 0.6 is 0 Å². The maximum absolute atomic E-state index is 13.7. The van der Waals surface area contributed by atoms with Crippen molar-refractivity contribution in [3.05, 3.63) is 71.0 Å². The Hall–Kier alpha value is -3.47. The number of nitrogens with one attached hydrogen (secondary N) is 2. The molecule has 5 N–H and O–H groups in total. The highest BCUT2D eigenvalue weighted by molar-refractivity contribution is 5.94. The first kappa shape index (κ1) is 26.8. The average molecular weight is 483 g/mol. The highest BCUT2D eigenvalue weighted by Crippen LogP contribution is 2.19.